The number of aliphatic hydroxyl groups is 1. The van der Waals surface area contributed by atoms with Gasteiger partial charge < -0.3 is 19.4 Å². The zero-order valence-corrected chi connectivity index (χ0v) is 13.1. The molecule has 2 aliphatic heterocycles. The quantitative estimate of drug-likeness (QED) is 0.478. The number of carbonyl (C=O) groups excluding carboxylic acids is 1. The summed E-state index contributed by atoms with van der Waals surface area (Å²) in [6.07, 6.45) is 2.28. The van der Waals surface area contributed by atoms with E-state index >= 15 is 0 Å². The first-order valence-electron chi connectivity index (χ1n) is 8.02. The number of Topliss-reactive ketones (excluding diaryl/α,β-unsaturated/α-hetero) is 1. The zero-order chi connectivity index (χ0) is 15.7. The van der Waals surface area contributed by atoms with Crippen LogP contribution in [0.4, 0.5) is 0 Å². The number of nitrogens with zero attached hydrogens (tertiary/aromatic N) is 1. The SMILES string of the molecule is CCO/N=C(/CC)C1=C(O)CC(C23CCOCC2O3)CC1=O. The van der Waals surface area contributed by atoms with Gasteiger partial charge in [-0.2, -0.15) is 0 Å². The lowest BCUT2D eigenvalue weighted by molar-refractivity contribution is -0.117. The summed E-state index contributed by atoms with van der Waals surface area (Å²) in [6, 6.07) is 0. The Morgan fingerprint density at radius 2 is 2.27 bits per heavy atom. The minimum absolute atomic E-state index is 0.0304. The van der Waals surface area contributed by atoms with Crippen LogP contribution in [-0.4, -0.2) is 48.1 Å². The molecule has 6 nitrogen and oxygen atoms in total. The number of allylic oxidation sites excluding steroid dienone is 2. The van der Waals surface area contributed by atoms with Gasteiger partial charge >= 0.3 is 0 Å². The maximum Gasteiger partial charge on any atom is 0.168 e. The van der Waals surface area contributed by atoms with Crippen LogP contribution in [0.15, 0.2) is 16.5 Å². The first kappa shape index (κ1) is 15.5. The molecule has 0 aromatic rings. The summed E-state index contributed by atoms with van der Waals surface area (Å²) in [5, 5.41) is 14.4. The van der Waals surface area contributed by atoms with Crippen molar-refractivity contribution in [3.63, 3.8) is 0 Å². The molecule has 0 amide bonds. The Kier molecular flexibility index (Phi) is 4.23. The highest BCUT2D eigenvalue weighted by atomic mass is 16.6. The Hall–Kier alpha value is -1.40. The van der Waals surface area contributed by atoms with Gasteiger partial charge in [0.1, 0.15) is 24.1 Å². The lowest BCUT2D eigenvalue weighted by atomic mass is 9.74. The van der Waals surface area contributed by atoms with E-state index in [1.165, 1.54) is 0 Å². The van der Waals surface area contributed by atoms with Crippen molar-refractivity contribution < 1.29 is 24.2 Å². The minimum atomic E-state index is -0.267. The molecule has 0 spiro atoms. The molecule has 0 radical (unpaired) electrons. The van der Waals surface area contributed by atoms with E-state index in [4.69, 9.17) is 14.3 Å². The van der Waals surface area contributed by atoms with Gasteiger partial charge in [0.15, 0.2) is 5.78 Å². The van der Waals surface area contributed by atoms with Crippen LogP contribution in [0.2, 0.25) is 0 Å². The zero-order valence-electron chi connectivity index (χ0n) is 13.1. The van der Waals surface area contributed by atoms with Gasteiger partial charge in [-0.1, -0.05) is 12.1 Å². The maximum absolute atomic E-state index is 12.5. The second kappa shape index (κ2) is 6.01. The number of fused-ring (bicyclic) bond motifs is 1. The summed E-state index contributed by atoms with van der Waals surface area (Å²) in [5.74, 6) is 0.0867. The largest absolute Gasteiger partial charge is 0.511 e. The van der Waals surface area contributed by atoms with Crippen LogP contribution in [0.3, 0.4) is 0 Å². The fraction of sp³-hybridized carbons (Fsp3) is 0.750. The molecule has 0 bridgehead atoms. The van der Waals surface area contributed by atoms with Crippen LogP contribution >= 0.6 is 0 Å². The third-order valence-corrected chi connectivity index (χ3v) is 4.81. The standard InChI is InChI=1S/C16H23NO5/c1-3-11(17-21-4-2)15-12(18)7-10(8-13(15)19)16-5-6-20-9-14(16)22-16/h10,14,18H,3-9H2,1-2H3/b17-11-. The van der Waals surface area contributed by atoms with Gasteiger partial charge in [-0.3, -0.25) is 4.79 Å². The number of carbonyl (C=O) groups is 1. The second-order valence-electron chi connectivity index (χ2n) is 6.05. The van der Waals surface area contributed by atoms with Gasteiger partial charge in [0.05, 0.1) is 17.9 Å². The van der Waals surface area contributed by atoms with E-state index in [2.05, 4.69) is 5.16 Å². The molecule has 2 saturated heterocycles. The molecule has 3 rings (SSSR count). The highest BCUT2D eigenvalue weighted by Crippen LogP contribution is 2.52. The Balaban J connectivity index is 1.80. The molecule has 3 atom stereocenters. The number of hydrogen-bond acceptors (Lipinski definition) is 6. The number of epoxide rings is 1. The smallest absolute Gasteiger partial charge is 0.168 e. The Bertz CT molecular complexity index is 527. The monoisotopic (exact) mass is 309 g/mol. The van der Waals surface area contributed by atoms with Crippen LogP contribution in [0.5, 0.6) is 0 Å². The first-order valence-corrected chi connectivity index (χ1v) is 8.02. The molecule has 0 aromatic heterocycles. The minimum Gasteiger partial charge on any atom is -0.511 e. The number of rotatable bonds is 5. The molecule has 0 aromatic carbocycles. The molecule has 3 unspecified atom stereocenters. The van der Waals surface area contributed by atoms with Crippen LogP contribution in [0.25, 0.3) is 0 Å². The Morgan fingerprint density at radius 3 is 2.91 bits per heavy atom. The Labute approximate surface area is 130 Å². The number of ketones is 1. The van der Waals surface area contributed by atoms with Crippen molar-refractivity contribution in [1.82, 2.24) is 0 Å². The second-order valence-corrected chi connectivity index (χ2v) is 6.05. The van der Waals surface area contributed by atoms with E-state index in [0.717, 1.165) is 6.42 Å². The van der Waals surface area contributed by atoms with Gasteiger partial charge in [0.25, 0.3) is 0 Å². The number of aliphatic hydroxyl groups excluding tert-OH is 1. The summed E-state index contributed by atoms with van der Waals surface area (Å²) >= 11 is 0. The van der Waals surface area contributed by atoms with Crippen molar-refractivity contribution >= 4 is 11.5 Å². The molecule has 122 valence electrons. The van der Waals surface area contributed by atoms with E-state index in [1.807, 2.05) is 13.8 Å². The summed E-state index contributed by atoms with van der Waals surface area (Å²) in [4.78, 5) is 17.6. The number of ether oxygens (including phenoxy) is 2. The van der Waals surface area contributed by atoms with Gasteiger partial charge in [-0.15, -0.1) is 0 Å². The molecular weight excluding hydrogens is 286 g/mol. The van der Waals surface area contributed by atoms with E-state index in [9.17, 15) is 9.90 Å². The lowest BCUT2D eigenvalue weighted by Crippen LogP contribution is -2.38. The average molecular weight is 309 g/mol. The van der Waals surface area contributed by atoms with Crippen molar-refractivity contribution in [3.8, 4) is 0 Å². The molecule has 0 saturated carbocycles. The van der Waals surface area contributed by atoms with E-state index in [1.54, 1.807) is 0 Å². The summed E-state index contributed by atoms with van der Waals surface area (Å²) in [6.45, 7) is 5.42. The number of hydrogen-bond donors (Lipinski definition) is 1. The molecule has 1 N–H and O–H groups in total. The molecule has 1 aliphatic carbocycles. The highest BCUT2D eigenvalue weighted by Gasteiger charge is 2.63. The molecular formula is C16H23NO5. The van der Waals surface area contributed by atoms with Crippen molar-refractivity contribution in [2.45, 2.75) is 51.2 Å². The third-order valence-electron chi connectivity index (χ3n) is 4.81. The van der Waals surface area contributed by atoms with Crippen LogP contribution < -0.4 is 0 Å². The van der Waals surface area contributed by atoms with E-state index in [-0.39, 0.29) is 29.2 Å². The van der Waals surface area contributed by atoms with Crippen LogP contribution in [0, 0.1) is 5.92 Å². The summed E-state index contributed by atoms with van der Waals surface area (Å²) < 4.78 is 11.2. The fourth-order valence-corrected chi connectivity index (χ4v) is 3.61. The fourth-order valence-electron chi connectivity index (χ4n) is 3.61. The summed E-state index contributed by atoms with van der Waals surface area (Å²) in [5.41, 5.74) is 0.602. The van der Waals surface area contributed by atoms with Crippen molar-refractivity contribution in [2.75, 3.05) is 19.8 Å². The lowest BCUT2D eigenvalue weighted by Gasteiger charge is -2.30. The van der Waals surface area contributed by atoms with Gasteiger partial charge in [0.2, 0.25) is 0 Å². The molecule has 2 fully saturated rings. The normalized spacial score (nSPS) is 35.4. The molecule has 2 heterocycles. The molecule has 3 aliphatic rings. The average Bonchev–Trinajstić information content (AvgIpc) is 3.25. The predicted octanol–water partition coefficient (Wildman–Crippen LogP) is 2.14. The van der Waals surface area contributed by atoms with Gasteiger partial charge in [0, 0.05) is 31.8 Å². The van der Waals surface area contributed by atoms with Crippen LogP contribution in [0.1, 0.15) is 39.5 Å². The van der Waals surface area contributed by atoms with E-state index < -0.39 is 0 Å². The van der Waals surface area contributed by atoms with Crippen molar-refractivity contribution in [1.29, 1.82) is 0 Å². The Morgan fingerprint density at radius 1 is 1.45 bits per heavy atom. The van der Waals surface area contributed by atoms with Gasteiger partial charge in [-0.05, 0) is 13.3 Å². The van der Waals surface area contributed by atoms with E-state index in [0.29, 0.717) is 50.4 Å². The van der Waals surface area contributed by atoms with Crippen molar-refractivity contribution in [2.24, 2.45) is 11.1 Å². The third kappa shape index (κ3) is 2.54. The maximum atomic E-state index is 12.5. The van der Waals surface area contributed by atoms with Crippen LogP contribution in [-0.2, 0) is 19.1 Å². The van der Waals surface area contributed by atoms with Gasteiger partial charge in [-0.25, -0.2) is 0 Å². The predicted molar refractivity (Wildman–Crippen MR) is 79.8 cm³/mol. The summed E-state index contributed by atoms with van der Waals surface area (Å²) in [7, 11) is 0. The molecule has 22 heavy (non-hydrogen) atoms. The number of oxime groups is 1. The highest BCUT2D eigenvalue weighted by molar-refractivity contribution is 6.23. The molecule has 6 heteroatoms. The topological polar surface area (TPSA) is 80.7 Å². The first-order chi connectivity index (χ1) is 10.6. The van der Waals surface area contributed by atoms with Crippen molar-refractivity contribution in [3.05, 3.63) is 11.3 Å².